The number of aldehydes is 1. The van der Waals surface area contributed by atoms with Crippen LogP contribution in [0.5, 0.6) is 23.0 Å². The number of carbonyl (C=O) groups excluding carboxylic acids is 2. The molecular formula is C40H36O6. The number of methoxy groups -OCH3 is 1. The smallest absolute Gasteiger partial charge is 0.200 e. The molecule has 0 saturated heterocycles. The molecule has 0 heterocycles. The van der Waals surface area contributed by atoms with Crippen LogP contribution in [0, 0.1) is 0 Å². The van der Waals surface area contributed by atoms with Gasteiger partial charge >= 0.3 is 0 Å². The average molecular weight is 613 g/mol. The van der Waals surface area contributed by atoms with E-state index in [2.05, 4.69) is 19.1 Å². The highest BCUT2D eigenvalue weighted by Crippen LogP contribution is 2.36. The van der Waals surface area contributed by atoms with E-state index in [9.17, 15) is 9.59 Å². The van der Waals surface area contributed by atoms with Gasteiger partial charge < -0.3 is 18.9 Å². The first-order valence-electron chi connectivity index (χ1n) is 15.2. The number of ketones is 1. The molecule has 0 aliphatic carbocycles. The molecule has 232 valence electrons. The number of carbonyl (C=O) groups is 2. The summed E-state index contributed by atoms with van der Waals surface area (Å²) in [5, 5.41) is 0. The van der Waals surface area contributed by atoms with Crippen molar-refractivity contribution in [1.82, 2.24) is 0 Å². The summed E-state index contributed by atoms with van der Waals surface area (Å²) in [6.45, 7) is 2.43. The van der Waals surface area contributed by atoms with E-state index in [4.69, 9.17) is 18.9 Å². The first-order valence-corrected chi connectivity index (χ1v) is 15.2. The van der Waals surface area contributed by atoms with Crippen molar-refractivity contribution in [3.63, 3.8) is 0 Å². The van der Waals surface area contributed by atoms with Crippen LogP contribution in [0.3, 0.4) is 0 Å². The first kappa shape index (κ1) is 31.8. The fourth-order valence-corrected chi connectivity index (χ4v) is 5.17. The highest BCUT2D eigenvalue weighted by atomic mass is 16.5. The highest BCUT2D eigenvalue weighted by molar-refractivity contribution is 5.99. The van der Waals surface area contributed by atoms with Crippen LogP contribution < -0.4 is 18.9 Å². The van der Waals surface area contributed by atoms with Gasteiger partial charge in [0.05, 0.1) is 7.11 Å². The van der Waals surface area contributed by atoms with Gasteiger partial charge in [-0.2, -0.15) is 0 Å². The molecule has 0 bridgehead atoms. The number of allylic oxidation sites excluding steroid dienone is 1. The van der Waals surface area contributed by atoms with Gasteiger partial charge in [-0.15, -0.1) is 0 Å². The Kier molecular flexibility index (Phi) is 11.0. The summed E-state index contributed by atoms with van der Waals surface area (Å²) in [6.07, 6.45) is 1.55. The number of hydrogen-bond acceptors (Lipinski definition) is 6. The summed E-state index contributed by atoms with van der Waals surface area (Å²) >= 11 is 0. The lowest BCUT2D eigenvalue weighted by molar-refractivity contribution is -0.109. The summed E-state index contributed by atoms with van der Waals surface area (Å²) in [5.41, 5.74) is 6.96. The number of benzene rings is 5. The zero-order valence-corrected chi connectivity index (χ0v) is 26.0. The van der Waals surface area contributed by atoms with Crippen molar-refractivity contribution < 1.29 is 28.5 Å². The van der Waals surface area contributed by atoms with Gasteiger partial charge in [0, 0.05) is 5.56 Å². The van der Waals surface area contributed by atoms with Crippen LogP contribution in [0.4, 0.5) is 0 Å². The predicted octanol–water partition coefficient (Wildman–Crippen LogP) is 8.48. The van der Waals surface area contributed by atoms with Crippen LogP contribution in [-0.4, -0.2) is 32.4 Å². The summed E-state index contributed by atoms with van der Waals surface area (Å²) in [5.74, 6) is 2.09. The molecule has 0 saturated carbocycles. The zero-order chi connectivity index (χ0) is 32.1. The monoisotopic (exact) mass is 612 g/mol. The molecule has 0 radical (unpaired) electrons. The summed E-state index contributed by atoms with van der Waals surface area (Å²) in [4.78, 5) is 23.8. The van der Waals surface area contributed by atoms with Crippen LogP contribution in [0.15, 0.2) is 127 Å². The lowest BCUT2D eigenvalue weighted by Crippen LogP contribution is -2.12. The summed E-state index contributed by atoms with van der Waals surface area (Å²) in [7, 11) is 1.55. The molecule has 0 N–H and O–H groups in total. The van der Waals surface area contributed by atoms with Crippen LogP contribution in [0.1, 0.15) is 46.0 Å². The van der Waals surface area contributed by atoms with Crippen molar-refractivity contribution in [2.24, 2.45) is 0 Å². The van der Waals surface area contributed by atoms with Crippen molar-refractivity contribution in [2.45, 2.75) is 20.0 Å². The molecule has 5 rings (SSSR count). The fourth-order valence-electron chi connectivity index (χ4n) is 5.17. The Balaban J connectivity index is 1.31. The standard InChI is InChI=1S/C40H36O6/c1-3-36(30-12-8-5-9-13-30)40(31-14-19-34(20-15-31)44-25-24-41)32-16-21-35(22-17-32)45-28-37(42)33-18-23-38(39(26-33)43-2)46-27-29-10-6-4-7-11-29/h4-24,26H,3,25,27-28H2,1-2H3/b40-36+. The molecule has 0 amide bonds. The second-order valence-corrected chi connectivity index (χ2v) is 10.5. The van der Waals surface area contributed by atoms with Gasteiger partial charge in [-0.1, -0.05) is 91.9 Å². The van der Waals surface area contributed by atoms with Gasteiger partial charge in [0.15, 0.2) is 30.2 Å². The summed E-state index contributed by atoms with van der Waals surface area (Å²) in [6, 6.07) is 40.8. The van der Waals surface area contributed by atoms with E-state index in [0.717, 1.165) is 40.5 Å². The van der Waals surface area contributed by atoms with E-state index in [1.54, 1.807) is 25.3 Å². The molecule has 0 fully saturated rings. The second kappa shape index (κ2) is 15.9. The number of Topliss-reactive ketones (excluding diaryl/α,β-unsaturated/α-hetero) is 1. The van der Waals surface area contributed by atoms with Crippen molar-refractivity contribution in [1.29, 1.82) is 0 Å². The molecule has 0 aliphatic heterocycles. The van der Waals surface area contributed by atoms with Crippen LogP contribution in [-0.2, 0) is 11.4 Å². The Morgan fingerprint density at radius 1 is 0.630 bits per heavy atom. The Bertz CT molecular complexity index is 1760. The third-order valence-corrected chi connectivity index (χ3v) is 7.47. The number of hydrogen-bond donors (Lipinski definition) is 0. The average Bonchev–Trinajstić information content (AvgIpc) is 3.12. The lowest BCUT2D eigenvalue weighted by atomic mass is 9.88. The topological polar surface area (TPSA) is 71.1 Å². The quantitative estimate of drug-likeness (QED) is 0.0671. The van der Waals surface area contributed by atoms with E-state index in [-0.39, 0.29) is 19.0 Å². The number of rotatable bonds is 15. The Hall–Kier alpha value is -5.62. The van der Waals surface area contributed by atoms with E-state index < -0.39 is 0 Å². The molecular weight excluding hydrogens is 576 g/mol. The lowest BCUT2D eigenvalue weighted by Gasteiger charge is -2.17. The Morgan fingerprint density at radius 2 is 1.22 bits per heavy atom. The molecule has 0 aliphatic rings. The van der Waals surface area contributed by atoms with E-state index in [1.165, 1.54) is 5.57 Å². The predicted molar refractivity (Wildman–Crippen MR) is 181 cm³/mol. The molecule has 0 spiro atoms. The van der Waals surface area contributed by atoms with E-state index in [0.29, 0.717) is 35.2 Å². The van der Waals surface area contributed by atoms with Crippen LogP contribution in [0.25, 0.3) is 11.1 Å². The number of ether oxygens (including phenoxy) is 4. The highest BCUT2D eigenvalue weighted by Gasteiger charge is 2.15. The Labute approximate surface area is 269 Å². The molecule has 0 unspecified atom stereocenters. The molecule has 0 atom stereocenters. The maximum absolute atomic E-state index is 13.1. The summed E-state index contributed by atoms with van der Waals surface area (Å²) < 4.78 is 22.8. The third kappa shape index (κ3) is 8.10. The van der Waals surface area contributed by atoms with Gasteiger partial charge in [0.25, 0.3) is 0 Å². The SMILES string of the molecule is CC/C(=C(/c1ccc(OCC=O)cc1)c1ccc(OCC(=O)c2ccc(OCc3ccccc3)c(OC)c2)cc1)c1ccccc1. The van der Waals surface area contributed by atoms with Gasteiger partial charge in [-0.3, -0.25) is 9.59 Å². The van der Waals surface area contributed by atoms with Gasteiger partial charge in [0.1, 0.15) is 24.7 Å². The second-order valence-electron chi connectivity index (χ2n) is 10.5. The Morgan fingerprint density at radius 3 is 1.80 bits per heavy atom. The molecule has 5 aromatic carbocycles. The van der Waals surface area contributed by atoms with Crippen molar-refractivity contribution >= 4 is 23.2 Å². The van der Waals surface area contributed by atoms with Crippen molar-refractivity contribution in [3.05, 3.63) is 155 Å². The molecule has 6 heteroatoms. The molecule has 6 nitrogen and oxygen atoms in total. The van der Waals surface area contributed by atoms with Crippen molar-refractivity contribution in [2.75, 3.05) is 20.3 Å². The van der Waals surface area contributed by atoms with Crippen LogP contribution >= 0.6 is 0 Å². The van der Waals surface area contributed by atoms with Crippen molar-refractivity contribution in [3.8, 4) is 23.0 Å². The van der Waals surface area contributed by atoms with Gasteiger partial charge in [0.2, 0.25) is 0 Å². The molecule has 0 aromatic heterocycles. The van der Waals surface area contributed by atoms with Crippen LogP contribution in [0.2, 0.25) is 0 Å². The largest absolute Gasteiger partial charge is 0.493 e. The normalized spacial score (nSPS) is 11.3. The minimum atomic E-state index is -0.174. The van der Waals surface area contributed by atoms with E-state index >= 15 is 0 Å². The maximum Gasteiger partial charge on any atom is 0.200 e. The third-order valence-electron chi connectivity index (χ3n) is 7.47. The fraction of sp³-hybridized carbons (Fsp3) is 0.150. The minimum absolute atomic E-state index is 0.0122. The maximum atomic E-state index is 13.1. The van der Waals surface area contributed by atoms with Gasteiger partial charge in [-0.25, -0.2) is 0 Å². The minimum Gasteiger partial charge on any atom is -0.493 e. The van der Waals surface area contributed by atoms with Gasteiger partial charge in [-0.05, 0) is 82.3 Å². The zero-order valence-electron chi connectivity index (χ0n) is 26.0. The van der Waals surface area contributed by atoms with E-state index in [1.807, 2.05) is 97.1 Å². The first-order chi connectivity index (χ1) is 22.6. The molecule has 5 aromatic rings. The molecule has 46 heavy (non-hydrogen) atoms.